The van der Waals surface area contributed by atoms with Crippen LogP contribution in [0.25, 0.3) is 0 Å². The average molecular weight is 294 g/mol. The van der Waals surface area contributed by atoms with Crippen molar-refractivity contribution in [2.45, 2.75) is 32.9 Å². The predicted octanol–water partition coefficient (Wildman–Crippen LogP) is 3.86. The second-order valence-corrected chi connectivity index (χ2v) is 6.54. The van der Waals surface area contributed by atoms with E-state index in [1.807, 2.05) is 0 Å². The number of nitrogens with one attached hydrogen (secondary N) is 1. The number of hydrogen-bond acceptors (Lipinski definition) is 2. The van der Waals surface area contributed by atoms with Gasteiger partial charge in [-0.3, -0.25) is 0 Å². The number of hydrogen-bond donors (Lipinski definition) is 1. The van der Waals surface area contributed by atoms with Crippen molar-refractivity contribution in [2.75, 3.05) is 18.0 Å². The van der Waals surface area contributed by atoms with Crippen molar-refractivity contribution in [3.63, 3.8) is 0 Å². The van der Waals surface area contributed by atoms with E-state index in [0.717, 1.165) is 26.1 Å². The summed E-state index contributed by atoms with van der Waals surface area (Å²) in [6.45, 7) is 7.75. The van der Waals surface area contributed by atoms with Crippen molar-refractivity contribution in [1.82, 2.24) is 5.32 Å². The second-order valence-electron chi connectivity index (χ2n) is 6.54. The highest BCUT2D eigenvalue weighted by Crippen LogP contribution is 2.25. The molecule has 22 heavy (non-hydrogen) atoms. The molecular weight excluding hydrogens is 268 g/mol. The third-order valence-electron chi connectivity index (χ3n) is 4.62. The Kier molecular flexibility index (Phi) is 4.79. The Morgan fingerprint density at radius 3 is 2.55 bits per heavy atom. The van der Waals surface area contributed by atoms with Gasteiger partial charge in [-0.15, -0.1) is 0 Å². The van der Waals surface area contributed by atoms with Crippen LogP contribution in [0.3, 0.4) is 0 Å². The first-order valence-electron chi connectivity index (χ1n) is 8.34. The third-order valence-corrected chi connectivity index (χ3v) is 4.62. The van der Waals surface area contributed by atoms with Gasteiger partial charge in [0.2, 0.25) is 0 Å². The van der Waals surface area contributed by atoms with Crippen LogP contribution in [-0.4, -0.2) is 19.1 Å². The molecule has 2 aromatic carbocycles. The van der Waals surface area contributed by atoms with E-state index < -0.39 is 0 Å². The molecule has 1 unspecified atom stereocenters. The van der Waals surface area contributed by atoms with Gasteiger partial charge >= 0.3 is 0 Å². The van der Waals surface area contributed by atoms with Gasteiger partial charge in [-0.1, -0.05) is 62.4 Å². The van der Waals surface area contributed by atoms with Crippen molar-refractivity contribution in [1.29, 1.82) is 0 Å². The Bertz CT molecular complexity index is 592. The minimum atomic E-state index is 0.545. The van der Waals surface area contributed by atoms with Gasteiger partial charge in [-0.25, -0.2) is 0 Å². The molecule has 1 N–H and O–H groups in total. The summed E-state index contributed by atoms with van der Waals surface area (Å²) in [6.07, 6.45) is 1.10. The van der Waals surface area contributed by atoms with Crippen LogP contribution < -0.4 is 10.2 Å². The lowest BCUT2D eigenvalue weighted by Crippen LogP contribution is -2.42. The van der Waals surface area contributed by atoms with E-state index in [4.69, 9.17) is 0 Å². The fourth-order valence-electron chi connectivity index (χ4n) is 3.18. The van der Waals surface area contributed by atoms with Crippen LogP contribution in [0.5, 0.6) is 0 Å². The molecule has 2 nitrogen and oxygen atoms in total. The number of fused-ring (bicyclic) bond motifs is 1. The molecule has 0 aliphatic carbocycles. The molecule has 0 amide bonds. The normalized spacial score (nSPS) is 18.1. The van der Waals surface area contributed by atoms with E-state index in [2.05, 4.69) is 78.7 Å². The predicted molar refractivity (Wildman–Crippen MR) is 94.3 cm³/mol. The van der Waals surface area contributed by atoms with E-state index in [1.54, 1.807) is 0 Å². The van der Waals surface area contributed by atoms with Crippen molar-refractivity contribution < 1.29 is 0 Å². The molecule has 0 aromatic heterocycles. The number of benzene rings is 2. The first-order valence-corrected chi connectivity index (χ1v) is 8.34. The van der Waals surface area contributed by atoms with Gasteiger partial charge in [0.1, 0.15) is 0 Å². The number of nitrogens with zero attached hydrogens (tertiary/aromatic N) is 1. The zero-order chi connectivity index (χ0) is 15.4. The molecule has 0 spiro atoms. The van der Waals surface area contributed by atoms with Gasteiger partial charge in [0.05, 0.1) is 0 Å². The standard InChI is InChI=1S/C20H26N2/c1-16(2)19-15-22(13-12-17-8-4-3-5-9-17)20-11-7-6-10-18(20)14-21-19/h3-11,16,19,21H,12-15H2,1-2H3. The molecule has 0 radical (unpaired) electrons. The topological polar surface area (TPSA) is 15.3 Å². The minimum Gasteiger partial charge on any atom is -0.369 e. The molecule has 1 aliphatic heterocycles. The fourth-order valence-corrected chi connectivity index (χ4v) is 3.18. The van der Waals surface area contributed by atoms with E-state index in [1.165, 1.54) is 16.8 Å². The lowest BCUT2D eigenvalue weighted by molar-refractivity contribution is 0.404. The maximum atomic E-state index is 3.72. The maximum Gasteiger partial charge on any atom is 0.0412 e. The quantitative estimate of drug-likeness (QED) is 0.921. The molecule has 0 bridgehead atoms. The summed E-state index contributed by atoms with van der Waals surface area (Å²) in [5.41, 5.74) is 4.23. The lowest BCUT2D eigenvalue weighted by atomic mass is 10.0. The second kappa shape index (κ2) is 6.97. The molecule has 1 atom stereocenters. The first kappa shape index (κ1) is 15.1. The fraction of sp³-hybridized carbons (Fsp3) is 0.400. The van der Waals surface area contributed by atoms with Gasteiger partial charge in [0, 0.05) is 31.4 Å². The number of anilines is 1. The molecule has 1 aliphatic rings. The summed E-state index contributed by atoms with van der Waals surface area (Å²) < 4.78 is 0. The molecule has 3 rings (SSSR count). The maximum absolute atomic E-state index is 3.72. The summed E-state index contributed by atoms with van der Waals surface area (Å²) in [5, 5.41) is 3.72. The average Bonchev–Trinajstić information content (AvgIpc) is 2.74. The molecule has 0 saturated heterocycles. The van der Waals surface area contributed by atoms with Crippen LogP contribution in [0.4, 0.5) is 5.69 Å². The van der Waals surface area contributed by atoms with Crippen molar-refractivity contribution in [3.8, 4) is 0 Å². The van der Waals surface area contributed by atoms with Crippen LogP contribution >= 0.6 is 0 Å². The molecule has 1 heterocycles. The van der Waals surface area contributed by atoms with Crippen molar-refractivity contribution >= 4 is 5.69 Å². The van der Waals surface area contributed by atoms with Crippen molar-refractivity contribution in [2.24, 2.45) is 5.92 Å². The van der Waals surface area contributed by atoms with E-state index in [9.17, 15) is 0 Å². The molecular formula is C20H26N2. The highest BCUT2D eigenvalue weighted by Gasteiger charge is 2.22. The molecule has 2 aromatic rings. The highest BCUT2D eigenvalue weighted by molar-refractivity contribution is 5.54. The molecule has 0 fully saturated rings. The Hall–Kier alpha value is -1.80. The Morgan fingerprint density at radius 2 is 1.77 bits per heavy atom. The molecule has 116 valence electrons. The molecule has 2 heteroatoms. The number of rotatable bonds is 4. The van der Waals surface area contributed by atoms with E-state index >= 15 is 0 Å². The van der Waals surface area contributed by atoms with Gasteiger partial charge in [-0.05, 0) is 29.5 Å². The van der Waals surface area contributed by atoms with Crippen molar-refractivity contribution in [3.05, 3.63) is 65.7 Å². The van der Waals surface area contributed by atoms with Crippen LogP contribution in [0.15, 0.2) is 54.6 Å². The monoisotopic (exact) mass is 294 g/mol. The van der Waals surface area contributed by atoms with E-state index in [-0.39, 0.29) is 0 Å². The Morgan fingerprint density at radius 1 is 1.05 bits per heavy atom. The van der Waals surface area contributed by atoms with Gasteiger partial charge in [0.25, 0.3) is 0 Å². The summed E-state index contributed by atoms with van der Waals surface area (Å²) in [6, 6.07) is 20.2. The SMILES string of the molecule is CC(C)C1CN(CCc2ccccc2)c2ccccc2CN1. The summed E-state index contributed by atoms with van der Waals surface area (Å²) in [5.74, 6) is 0.647. The Balaban J connectivity index is 1.79. The zero-order valence-corrected chi connectivity index (χ0v) is 13.6. The minimum absolute atomic E-state index is 0.545. The van der Waals surface area contributed by atoms with E-state index in [0.29, 0.717) is 12.0 Å². The van der Waals surface area contributed by atoms with Crippen LogP contribution in [-0.2, 0) is 13.0 Å². The van der Waals surface area contributed by atoms with Gasteiger partial charge in [0.15, 0.2) is 0 Å². The van der Waals surface area contributed by atoms with Crippen LogP contribution in [0, 0.1) is 5.92 Å². The first-order chi connectivity index (χ1) is 10.7. The third kappa shape index (κ3) is 3.50. The van der Waals surface area contributed by atoms with Gasteiger partial charge in [-0.2, -0.15) is 0 Å². The lowest BCUT2D eigenvalue weighted by Gasteiger charge is -2.29. The van der Waals surface area contributed by atoms with Crippen LogP contribution in [0.1, 0.15) is 25.0 Å². The smallest absolute Gasteiger partial charge is 0.0412 e. The summed E-state index contributed by atoms with van der Waals surface area (Å²) >= 11 is 0. The highest BCUT2D eigenvalue weighted by atomic mass is 15.2. The summed E-state index contributed by atoms with van der Waals surface area (Å²) in [4.78, 5) is 2.56. The van der Waals surface area contributed by atoms with Gasteiger partial charge < -0.3 is 10.2 Å². The zero-order valence-electron chi connectivity index (χ0n) is 13.6. The van der Waals surface area contributed by atoms with Crippen LogP contribution in [0.2, 0.25) is 0 Å². The molecule has 0 saturated carbocycles. The summed E-state index contributed by atoms with van der Waals surface area (Å²) in [7, 11) is 0. The number of para-hydroxylation sites is 1. The Labute approximate surface area is 134 Å². The largest absolute Gasteiger partial charge is 0.369 e.